The Morgan fingerprint density at radius 3 is 2.06 bits per heavy atom. The molecule has 0 amide bonds. The lowest BCUT2D eigenvalue weighted by Gasteiger charge is -2.29. The van der Waals surface area contributed by atoms with Gasteiger partial charge < -0.3 is 0 Å². The molecule has 0 unspecified atom stereocenters. The van der Waals surface area contributed by atoms with Gasteiger partial charge in [0.05, 0.1) is 0 Å². The molecule has 0 bridgehead atoms. The molecule has 0 saturated heterocycles. The first-order valence-electron chi connectivity index (χ1n) is 6.57. The van der Waals surface area contributed by atoms with Gasteiger partial charge in [-0.3, -0.25) is 0 Å². The van der Waals surface area contributed by atoms with Gasteiger partial charge >= 0.3 is 6.18 Å². The minimum atomic E-state index is -4.00. The third-order valence-corrected chi connectivity index (χ3v) is 3.92. The molecule has 0 nitrogen and oxygen atoms in total. The van der Waals surface area contributed by atoms with Gasteiger partial charge in [0, 0.05) is 6.42 Å². The van der Waals surface area contributed by atoms with Gasteiger partial charge in [0.15, 0.2) is 0 Å². The van der Waals surface area contributed by atoms with Crippen LogP contribution in [0, 0.1) is 12.8 Å². The highest BCUT2D eigenvalue weighted by Gasteiger charge is 2.34. The summed E-state index contributed by atoms with van der Waals surface area (Å²) >= 11 is 0. The Kier molecular flexibility index (Phi) is 3.98. The lowest BCUT2D eigenvalue weighted by atomic mass is 9.77. The van der Waals surface area contributed by atoms with Gasteiger partial charge in [-0.2, -0.15) is 13.2 Å². The van der Waals surface area contributed by atoms with E-state index in [9.17, 15) is 13.2 Å². The average molecular weight is 256 g/mol. The largest absolute Gasteiger partial charge is 0.389 e. The maximum absolute atomic E-state index is 12.3. The van der Waals surface area contributed by atoms with Crippen molar-refractivity contribution in [2.24, 2.45) is 5.92 Å². The topological polar surface area (TPSA) is 0 Å². The zero-order chi connectivity index (χ0) is 13.2. The van der Waals surface area contributed by atoms with Crippen LogP contribution in [-0.4, -0.2) is 6.18 Å². The zero-order valence-corrected chi connectivity index (χ0v) is 10.6. The number of hydrogen-bond donors (Lipinski definition) is 0. The quantitative estimate of drug-likeness (QED) is 0.680. The number of alkyl halides is 3. The molecule has 1 aromatic carbocycles. The number of benzene rings is 1. The van der Waals surface area contributed by atoms with Crippen LogP contribution in [0.2, 0.25) is 0 Å². The maximum atomic E-state index is 12.3. The second-order valence-electron chi connectivity index (χ2n) is 5.45. The van der Waals surface area contributed by atoms with E-state index in [1.54, 1.807) is 0 Å². The summed E-state index contributed by atoms with van der Waals surface area (Å²) in [5.74, 6) is 0.293. The molecule has 100 valence electrons. The fraction of sp³-hybridized carbons (Fsp3) is 0.600. The third kappa shape index (κ3) is 3.76. The van der Waals surface area contributed by atoms with E-state index in [1.165, 1.54) is 11.1 Å². The van der Waals surface area contributed by atoms with E-state index in [-0.39, 0.29) is 5.92 Å². The summed E-state index contributed by atoms with van der Waals surface area (Å²) in [5.41, 5.74) is 2.51. The van der Waals surface area contributed by atoms with Crippen molar-refractivity contribution in [3.63, 3.8) is 0 Å². The lowest BCUT2D eigenvalue weighted by molar-refractivity contribution is -0.146. The number of halogens is 3. The van der Waals surface area contributed by atoms with Crippen LogP contribution >= 0.6 is 0 Å². The molecule has 0 spiro atoms. The van der Waals surface area contributed by atoms with Gasteiger partial charge in [0.1, 0.15) is 0 Å². The molecule has 0 heterocycles. The average Bonchev–Trinajstić information content (AvgIpc) is 2.29. The molecule has 1 saturated carbocycles. The zero-order valence-electron chi connectivity index (χ0n) is 10.6. The molecular weight excluding hydrogens is 237 g/mol. The molecular formula is C15H19F3. The molecule has 0 aliphatic heterocycles. The van der Waals surface area contributed by atoms with Crippen LogP contribution in [0.1, 0.15) is 49.1 Å². The maximum Gasteiger partial charge on any atom is 0.389 e. The fourth-order valence-electron chi connectivity index (χ4n) is 2.87. The Bertz CT molecular complexity index is 370. The molecule has 0 radical (unpaired) electrons. The van der Waals surface area contributed by atoms with E-state index in [1.807, 2.05) is 6.92 Å². The van der Waals surface area contributed by atoms with E-state index < -0.39 is 12.6 Å². The monoisotopic (exact) mass is 256 g/mol. The van der Waals surface area contributed by atoms with Crippen LogP contribution in [0.25, 0.3) is 0 Å². The van der Waals surface area contributed by atoms with Crippen LogP contribution in [0.5, 0.6) is 0 Å². The summed E-state index contributed by atoms with van der Waals surface area (Å²) in [5, 5.41) is 0. The predicted molar refractivity (Wildman–Crippen MR) is 66.6 cm³/mol. The smallest absolute Gasteiger partial charge is 0.171 e. The van der Waals surface area contributed by atoms with Crippen molar-refractivity contribution in [2.75, 3.05) is 0 Å². The Labute approximate surface area is 106 Å². The van der Waals surface area contributed by atoms with Gasteiger partial charge in [-0.25, -0.2) is 0 Å². The molecule has 1 aliphatic rings. The predicted octanol–water partition coefficient (Wildman–Crippen LogP) is 5.22. The molecule has 2 rings (SSSR count). The van der Waals surface area contributed by atoms with Gasteiger partial charge in [-0.1, -0.05) is 29.8 Å². The molecule has 1 aliphatic carbocycles. The highest BCUT2D eigenvalue weighted by atomic mass is 19.4. The van der Waals surface area contributed by atoms with Crippen LogP contribution in [0.4, 0.5) is 13.2 Å². The number of aryl methyl sites for hydroxylation is 1. The molecule has 0 aromatic heterocycles. The number of hydrogen-bond acceptors (Lipinski definition) is 0. The van der Waals surface area contributed by atoms with E-state index in [2.05, 4.69) is 24.3 Å². The highest BCUT2D eigenvalue weighted by molar-refractivity contribution is 5.24. The summed E-state index contributed by atoms with van der Waals surface area (Å²) in [6.07, 6.45) is -1.40. The Hall–Kier alpha value is -0.990. The Morgan fingerprint density at radius 2 is 1.56 bits per heavy atom. The van der Waals surface area contributed by atoms with E-state index in [0.717, 1.165) is 12.8 Å². The second kappa shape index (κ2) is 5.33. The molecule has 3 heteroatoms. The Balaban J connectivity index is 1.88. The summed E-state index contributed by atoms with van der Waals surface area (Å²) in [7, 11) is 0. The number of rotatable bonds is 2. The first-order chi connectivity index (χ1) is 8.44. The standard InChI is InChI=1S/C15H19F3/c1-11-2-6-13(7-3-11)14-8-4-12(5-9-14)10-15(16,17)18/h2-3,6-7,12,14H,4-5,8-10H2,1H3. The second-order valence-corrected chi connectivity index (χ2v) is 5.45. The first-order valence-corrected chi connectivity index (χ1v) is 6.57. The van der Waals surface area contributed by atoms with Crippen molar-refractivity contribution in [1.29, 1.82) is 0 Å². The van der Waals surface area contributed by atoms with Gasteiger partial charge in [-0.05, 0) is 50.0 Å². The van der Waals surface area contributed by atoms with Crippen molar-refractivity contribution >= 4 is 0 Å². The van der Waals surface area contributed by atoms with Crippen LogP contribution < -0.4 is 0 Å². The molecule has 1 fully saturated rings. The van der Waals surface area contributed by atoms with E-state index >= 15 is 0 Å². The normalized spacial score (nSPS) is 25.1. The minimum absolute atomic E-state index is 0.160. The van der Waals surface area contributed by atoms with Crippen molar-refractivity contribution in [3.05, 3.63) is 35.4 Å². The molecule has 18 heavy (non-hydrogen) atoms. The van der Waals surface area contributed by atoms with Gasteiger partial charge in [-0.15, -0.1) is 0 Å². The van der Waals surface area contributed by atoms with Gasteiger partial charge in [0.25, 0.3) is 0 Å². The van der Waals surface area contributed by atoms with Crippen LogP contribution in [0.15, 0.2) is 24.3 Å². The van der Waals surface area contributed by atoms with Crippen molar-refractivity contribution in [2.45, 2.75) is 51.1 Å². The first kappa shape index (κ1) is 13.4. The minimum Gasteiger partial charge on any atom is -0.171 e. The van der Waals surface area contributed by atoms with E-state index in [4.69, 9.17) is 0 Å². The summed E-state index contributed by atoms with van der Waals surface area (Å²) in [6, 6.07) is 8.39. The van der Waals surface area contributed by atoms with Crippen LogP contribution in [0.3, 0.4) is 0 Å². The molecule has 1 aromatic rings. The summed E-state index contributed by atoms with van der Waals surface area (Å²) in [4.78, 5) is 0. The van der Waals surface area contributed by atoms with E-state index in [0.29, 0.717) is 18.8 Å². The highest BCUT2D eigenvalue weighted by Crippen LogP contribution is 2.40. The lowest BCUT2D eigenvalue weighted by Crippen LogP contribution is -2.20. The SMILES string of the molecule is Cc1ccc(C2CCC(CC(F)(F)F)CC2)cc1. The third-order valence-electron chi connectivity index (χ3n) is 3.92. The van der Waals surface area contributed by atoms with Crippen molar-refractivity contribution in [3.8, 4) is 0 Å². The summed E-state index contributed by atoms with van der Waals surface area (Å²) < 4.78 is 36.9. The van der Waals surface area contributed by atoms with Crippen molar-refractivity contribution < 1.29 is 13.2 Å². The summed E-state index contributed by atoms with van der Waals surface area (Å²) in [6.45, 7) is 2.05. The molecule has 0 N–H and O–H groups in total. The Morgan fingerprint density at radius 1 is 1.00 bits per heavy atom. The fourth-order valence-corrected chi connectivity index (χ4v) is 2.87. The molecule has 0 atom stereocenters. The van der Waals surface area contributed by atoms with Crippen LogP contribution in [-0.2, 0) is 0 Å². The van der Waals surface area contributed by atoms with Gasteiger partial charge in [0.2, 0.25) is 0 Å². The van der Waals surface area contributed by atoms with Crippen molar-refractivity contribution in [1.82, 2.24) is 0 Å².